The van der Waals surface area contributed by atoms with Crippen molar-refractivity contribution < 1.29 is 18.7 Å². The lowest BCUT2D eigenvalue weighted by molar-refractivity contribution is 0.0583. The molecule has 0 spiro atoms. The van der Waals surface area contributed by atoms with Crippen LogP contribution in [0.1, 0.15) is 50.8 Å². The zero-order chi connectivity index (χ0) is 24.5. The summed E-state index contributed by atoms with van der Waals surface area (Å²) in [5.74, 6) is 1.70. The third-order valence-electron chi connectivity index (χ3n) is 5.86. The number of carbonyl (C=O) groups is 1. The van der Waals surface area contributed by atoms with E-state index in [0.29, 0.717) is 30.0 Å². The fraction of sp³-hybridized carbons (Fsp3) is 0.583. The average molecular weight is 486 g/mol. The van der Waals surface area contributed by atoms with Crippen LogP contribution in [0.15, 0.2) is 21.8 Å². The highest BCUT2D eigenvalue weighted by Gasteiger charge is 2.38. The first kappa shape index (κ1) is 24.4. The van der Waals surface area contributed by atoms with Crippen molar-refractivity contribution in [3.63, 3.8) is 0 Å². The molecule has 0 N–H and O–H groups in total. The Labute approximate surface area is 204 Å². The van der Waals surface area contributed by atoms with Crippen LogP contribution < -0.4 is 9.80 Å². The summed E-state index contributed by atoms with van der Waals surface area (Å²) in [6, 6.07) is 6.58. The van der Waals surface area contributed by atoms with Crippen LogP contribution in [0, 0.1) is 25.2 Å². The van der Waals surface area contributed by atoms with E-state index in [9.17, 15) is 10.1 Å². The van der Waals surface area contributed by atoms with Crippen molar-refractivity contribution in [2.45, 2.75) is 76.1 Å². The molecule has 1 amide bonds. The van der Waals surface area contributed by atoms with E-state index in [1.807, 2.05) is 19.9 Å². The number of hydrogen-bond acceptors (Lipinski definition) is 9. The highest BCUT2D eigenvalue weighted by Crippen LogP contribution is 2.36. The van der Waals surface area contributed by atoms with Gasteiger partial charge in [-0.05, 0) is 53.5 Å². The smallest absolute Gasteiger partial charge is 0.416 e. The van der Waals surface area contributed by atoms with Crippen LogP contribution in [-0.2, 0) is 15.2 Å². The first-order chi connectivity index (χ1) is 16.1. The Balaban J connectivity index is 1.68. The van der Waals surface area contributed by atoms with Gasteiger partial charge >= 0.3 is 6.09 Å². The highest BCUT2D eigenvalue weighted by atomic mass is 32.2. The lowest BCUT2D eigenvalue weighted by Gasteiger charge is -2.37. The number of thioether (sulfide) groups is 1. The second kappa shape index (κ2) is 9.84. The molecule has 2 aromatic heterocycles. The fourth-order valence-electron chi connectivity index (χ4n) is 4.24. The number of fused-ring (bicyclic) bond motifs is 2. The molecule has 0 radical (unpaired) electrons. The second-order valence-corrected chi connectivity index (χ2v) is 10.6. The van der Waals surface area contributed by atoms with Gasteiger partial charge in [-0.1, -0.05) is 11.8 Å². The number of rotatable bonds is 6. The van der Waals surface area contributed by atoms with Gasteiger partial charge in [0.2, 0.25) is 0 Å². The van der Waals surface area contributed by atoms with Gasteiger partial charge in [-0.2, -0.15) is 5.26 Å². The van der Waals surface area contributed by atoms with Gasteiger partial charge in [0.05, 0.1) is 42.8 Å². The average Bonchev–Trinajstić information content (AvgIpc) is 3.22. The number of nitriles is 1. The molecule has 2 fully saturated rings. The molecule has 2 aliphatic heterocycles. The minimum absolute atomic E-state index is 0.161. The molecule has 2 aliphatic rings. The number of nitrogens with zero attached hydrogens (tertiary/aromatic N) is 5. The van der Waals surface area contributed by atoms with E-state index >= 15 is 0 Å². The predicted octanol–water partition coefficient (Wildman–Crippen LogP) is 4.61. The van der Waals surface area contributed by atoms with Crippen molar-refractivity contribution in [3.05, 3.63) is 29.3 Å². The van der Waals surface area contributed by atoms with Gasteiger partial charge in [-0.3, -0.25) is 0 Å². The molecule has 0 aliphatic carbocycles. The number of aryl methyl sites for hydroxylation is 2. The van der Waals surface area contributed by atoms with Crippen molar-refractivity contribution in [1.29, 1.82) is 5.26 Å². The number of hydrogen-bond donors (Lipinski definition) is 0. The second-order valence-electron chi connectivity index (χ2n) is 9.64. The zero-order valence-electron chi connectivity index (χ0n) is 20.3. The first-order valence-electron chi connectivity index (χ1n) is 11.5. The van der Waals surface area contributed by atoms with Crippen molar-refractivity contribution in [2.24, 2.45) is 0 Å². The van der Waals surface area contributed by atoms with E-state index in [1.54, 1.807) is 20.8 Å². The topological polar surface area (TPSA) is 105 Å². The summed E-state index contributed by atoms with van der Waals surface area (Å²) in [4.78, 5) is 25.8. The van der Waals surface area contributed by atoms with Gasteiger partial charge in [0.1, 0.15) is 23.7 Å². The van der Waals surface area contributed by atoms with Crippen LogP contribution >= 0.6 is 11.8 Å². The summed E-state index contributed by atoms with van der Waals surface area (Å²) >= 11 is 1.45. The standard InChI is InChI=1S/C24H31N5O4S/c1-15-16(2)32-22(26-15)34-14-17-10-20(29-18-6-7-19(29)13-31-12-18)11-21(27-17)28(9-8-25)23(30)33-24(3,4)5/h10-11,18-19H,6-7,9,12-14H2,1-5H3. The lowest BCUT2D eigenvalue weighted by atomic mass is 10.2. The molecule has 9 nitrogen and oxygen atoms in total. The van der Waals surface area contributed by atoms with Crippen LogP contribution in [0.2, 0.25) is 0 Å². The maximum absolute atomic E-state index is 13.0. The number of oxazole rings is 1. The van der Waals surface area contributed by atoms with Crippen LogP contribution in [0.5, 0.6) is 0 Å². The number of pyridine rings is 1. The Morgan fingerprint density at radius 2 is 1.97 bits per heavy atom. The van der Waals surface area contributed by atoms with E-state index in [2.05, 4.69) is 22.0 Å². The summed E-state index contributed by atoms with van der Waals surface area (Å²) in [7, 11) is 0. The SMILES string of the molecule is Cc1nc(SCc2cc(N3C4CCC3COC4)cc(N(CC#N)C(=O)OC(C)(C)C)n2)oc1C. The summed E-state index contributed by atoms with van der Waals surface area (Å²) in [6.07, 6.45) is 1.53. The number of ether oxygens (including phenoxy) is 2. The molecular weight excluding hydrogens is 454 g/mol. The maximum atomic E-state index is 13.0. The predicted molar refractivity (Wildman–Crippen MR) is 129 cm³/mol. The van der Waals surface area contributed by atoms with Crippen LogP contribution in [0.3, 0.4) is 0 Å². The van der Waals surface area contributed by atoms with Crippen molar-refractivity contribution in [2.75, 3.05) is 29.6 Å². The lowest BCUT2D eigenvalue weighted by Crippen LogP contribution is -2.46. The Morgan fingerprint density at radius 3 is 2.56 bits per heavy atom. The normalized spacial score (nSPS) is 19.7. The van der Waals surface area contributed by atoms with Gasteiger partial charge in [0, 0.05) is 17.5 Å². The quantitative estimate of drug-likeness (QED) is 0.428. The molecule has 2 bridgehead atoms. The molecule has 4 heterocycles. The van der Waals surface area contributed by atoms with E-state index < -0.39 is 11.7 Å². The molecule has 34 heavy (non-hydrogen) atoms. The Bertz CT molecular complexity index is 1050. The summed E-state index contributed by atoms with van der Waals surface area (Å²) in [5, 5.41) is 10.0. The van der Waals surface area contributed by atoms with E-state index in [1.165, 1.54) is 16.7 Å². The highest BCUT2D eigenvalue weighted by molar-refractivity contribution is 7.98. The Morgan fingerprint density at radius 1 is 1.26 bits per heavy atom. The molecule has 2 unspecified atom stereocenters. The third-order valence-corrected chi connectivity index (χ3v) is 6.72. The van der Waals surface area contributed by atoms with E-state index in [4.69, 9.17) is 18.9 Å². The molecule has 0 aromatic carbocycles. The number of aromatic nitrogens is 2. The minimum atomic E-state index is -0.689. The molecule has 0 saturated carbocycles. The summed E-state index contributed by atoms with van der Waals surface area (Å²) < 4.78 is 17.0. The molecule has 182 valence electrons. The maximum Gasteiger partial charge on any atom is 0.416 e. The zero-order valence-corrected chi connectivity index (χ0v) is 21.1. The van der Waals surface area contributed by atoms with Crippen LogP contribution in [0.4, 0.5) is 16.3 Å². The molecule has 4 rings (SSSR count). The molecule has 2 atom stereocenters. The van der Waals surface area contributed by atoms with Crippen LogP contribution in [0.25, 0.3) is 0 Å². The van der Waals surface area contributed by atoms with Gasteiger partial charge in [0.15, 0.2) is 0 Å². The van der Waals surface area contributed by atoms with Gasteiger partial charge in [-0.15, -0.1) is 0 Å². The summed E-state index contributed by atoms with van der Waals surface area (Å²) in [6.45, 7) is 10.4. The number of morpholine rings is 1. The van der Waals surface area contributed by atoms with Crippen molar-refractivity contribution in [1.82, 2.24) is 9.97 Å². The minimum Gasteiger partial charge on any atom is -0.443 e. The molecule has 2 saturated heterocycles. The number of carbonyl (C=O) groups excluding carboxylic acids is 1. The third kappa shape index (κ3) is 5.47. The van der Waals surface area contributed by atoms with E-state index in [-0.39, 0.29) is 18.6 Å². The molecule has 2 aromatic rings. The monoisotopic (exact) mass is 485 g/mol. The van der Waals surface area contributed by atoms with Crippen molar-refractivity contribution >= 4 is 29.4 Å². The number of anilines is 2. The molecular formula is C24H31N5O4S. The first-order valence-corrected chi connectivity index (χ1v) is 12.4. The fourth-order valence-corrected chi connectivity index (χ4v) is 5.04. The van der Waals surface area contributed by atoms with Gasteiger partial charge in [-0.25, -0.2) is 19.7 Å². The van der Waals surface area contributed by atoms with Crippen molar-refractivity contribution in [3.8, 4) is 6.07 Å². The Hall–Kier alpha value is -2.77. The summed E-state index contributed by atoms with van der Waals surface area (Å²) in [5.41, 5.74) is 1.91. The Kier molecular flexibility index (Phi) is 7.05. The largest absolute Gasteiger partial charge is 0.443 e. The number of amides is 1. The molecule has 10 heteroatoms. The van der Waals surface area contributed by atoms with Gasteiger partial charge < -0.3 is 18.8 Å². The van der Waals surface area contributed by atoms with Crippen LogP contribution in [-0.4, -0.2) is 53.5 Å². The van der Waals surface area contributed by atoms with E-state index in [0.717, 1.165) is 35.7 Å². The van der Waals surface area contributed by atoms with Gasteiger partial charge in [0.25, 0.3) is 5.22 Å².